The minimum Gasteiger partial charge on any atom is -0.330 e. The van der Waals surface area contributed by atoms with Crippen molar-refractivity contribution in [1.82, 2.24) is 5.32 Å². The highest BCUT2D eigenvalue weighted by atomic mass is 16.1. The van der Waals surface area contributed by atoms with E-state index in [1.54, 1.807) is 0 Å². The van der Waals surface area contributed by atoms with Crippen molar-refractivity contribution in [2.24, 2.45) is 34.5 Å². The number of hydrogen-bond donors (Lipinski definition) is 1. The second-order valence-electron chi connectivity index (χ2n) is 8.81. The molecule has 4 rings (SSSR count). The molecule has 4 unspecified atom stereocenters. The Labute approximate surface area is 132 Å². The molecule has 1 heterocycles. The average molecular weight is 301 g/mol. The van der Waals surface area contributed by atoms with Gasteiger partial charge in [-0.25, -0.2) is 0 Å². The monoisotopic (exact) mass is 301 g/mol. The van der Waals surface area contributed by atoms with Crippen molar-refractivity contribution in [3.05, 3.63) is 11.8 Å². The predicted octanol–water partition coefficient (Wildman–Crippen LogP) is 3.45. The van der Waals surface area contributed by atoms with E-state index in [0.29, 0.717) is 35.9 Å². The number of amides is 1. The fourth-order valence-electron chi connectivity index (χ4n) is 6.31. The lowest BCUT2D eigenvalue weighted by atomic mass is 9.48. The lowest BCUT2D eigenvalue weighted by Crippen LogP contribution is -2.54. The SMILES string of the molecule is CC1C=C2NC(=O)CC[C@]2(C)C2CC[C@]3(C)CC(=O)CC3C12. The van der Waals surface area contributed by atoms with Crippen molar-refractivity contribution < 1.29 is 9.59 Å². The highest BCUT2D eigenvalue weighted by Gasteiger charge is 2.59. The van der Waals surface area contributed by atoms with Crippen molar-refractivity contribution >= 4 is 11.7 Å². The molecule has 0 radical (unpaired) electrons. The Hall–Kier alpha value is -1.12. The molecule has 6 atom stereocenters. The van der Waals surface area contributed by atoms with Gasteiger partial charge in [-0.3, -0.25) is 9.59 Å². The zero-order valence-corrected chi connectivity index (χ0v) is 13.9. The number of nitrogens with one attached hydrogen (secondary N) is 1. The highest BCUT2D eigenvalue weighted by molar-refractivity contribution is 5.82. The van der Waals surface area contributed by atoms with Gasteiger partial charge in [0.1, 0.15) is 5.78 Å². The molecule has 0 aromatic carbocycles. The maximum absolute atomic E-state index is 12.1. The number of carbonyl (C=O) groups excluding carboxylic acids is 2. The van der Waals surface area contributed by atoms with Gasteiger partial charge in [0.15, 0.2) is 0 Å². The first-order chi connectivity index (χ1) is 10.3. The quantitative estimate of drug-likeness (QED) is 0.745. The van der Waals surface area contributed by atoms with Gasteiger partial charge in [-0.2, -0.15) is 0 Å². The molecule has 3 nitrogen and oxygen atoms in total. The van der Waals surface area contributed by atoms with Crippen LogP contribution in [0.3, 0.4) is 0 Å². The second-order valence-corrected chi connectivity index (χ2v) is 8.81. The van der Waals surface area contributed by atoms with Gasteiger partial charge in [-0.1, -0.05) is 26.8 Å². The standard InChI is InChI=1S/C19H27NO2/c1-11-8-15-19(3,7-5-16(22)20-15)13-4-6-18(2)10-12(21)9-14(18)17(11)13/h8,11,13-14,17H,4-7,9-10H2,1-3H3,(H,20,22)/t11?,13?,14?,17?,18-,19-/m1/s1. The maximum atomic E-state index is 12.1. The fourth-order valence-corrected chi connectivity index (χ4v) is 6.31. The van der Waals surface area contributed by atoms with Crippen LogP contribution in [0.2, 0.25) is 0 Å². The summed E-state index contributed by atoms with van der Waals surface area (Å²) in [6.45, 7) is 6.98. The Bertz CT molecular complexity index is 580. The molecule has 4 aliphatic rings. The summed E-state index contributed by atoms with van der Waals surface area (Å²) in [7, 11) is 0. The third-order valence-corrected chi connectivity index (χ3v) is 7.52. The van der Waals surface area contributed by atoms with Crippen LogP contribution >= 0.6 is 0 Å². The molecule has 1 saturated heterocycles. The number of hydrogen-bond acceptors (Lipinski definition) is 2. The van der Waals surface area contributed by atoms with E-state index in [2.05, 4.69) is 32.2 Å². The summed E-state index contributed by atoms with van der Waals surface area (Å²) in [5.41, 5.74) is 1.51. The third kappa shape index (κ3) is 1.80. The predicted molar refractivity (Wildman–Crippen MR) is 84.8 cm³/mol. The molecule has 1 amide bonds. The first-order valence-electron chi connectivity index (χ1n) is 8.87. The van der Waals surface area contributed by atoms with Crippen LogP contribution in [0.15, 0.2) is 11.8 Å². The molecule has 0 spiro atoms. The fraction of sp³-hybridized carbons (Fsp3) is 0.789. The van der Waals surface area contributed by atoms with E-state index in [-0.39, 0.29) is 16.7 Å². The molecule has 1 N–H and O–H groups in total. The first-order valence-corrected chi connectivity index (χ1v) is 8.87. The average Bonchev–Trinajstić information content (AvgIpc) is 2.75. The van der Waals surface area contributed by atoms with Crippen LogP contribution in [0.1, 0.15) is 59.3 Å². The van der Waals surface area contributed by atoms with E-state index in [0.717, 1.165) is 19.3 Å². The van der Waals surface area contributed by atoms with Crippen molar-refractivity contribution in [3.63, 3.8) is 0 Å². The van der Waals surface area contributed by atoms with Crippen LogP contribution in [-0.4, -0.2) is 11.7 Å². The topological polar surface area (TPSA) is 46.2 Å². The molecule has 22 heavy (non-hydrogen) atoms. The number of Topliss-reactive ketones (excluding diaryl/α,β-unsaturated/α-hetero) is 1. The summed E-state index contributed by atoms with van der Waals surface area (Å²) in [5.74, 6) is 2.87. The Balaban J connectivity index is 1.75. The van der Waals surface area contributed by atoms with E-state index in [4.69, 9.17) is 0 Å². The van der Waals surface area contributed by atoms with Crippen LogP contribution in [-0.2, 0) is 9.59 Å². The van der Waals surface area contributed by atoms with Crippen LogP contribution in [0, 0.1) is 34.5 Å². The molecule has 2 saturated carbocycles. The van der Waals surface area contributed by atoms with E-state index in [1.165, 1.54) is 18.5 Å². The Morgan fingerprint density at radius 2 is 1.95 bits per heavy atom. The van der Waals surface area contributed by atoms with Gasteiger partial charge in [-0.15, -0.1) is 0 Å². The Morgan fingerprint density at radius 1 is 1.18 bits per heavy atom. The van der Waals surface area contributed by atoms with Crippen LogP contribution < -0.4 is 5.32 Å². The zero-order chi connectivity index (χ0) is 15.7. The minimum atomic E-state index is 0.109. The molecule has 3 heteroatoms. The molecule has 0 aromatic rings. The minimum absolute atomic E-state index is 0.109. The summed E-state index contributed by atoms with van der Waals surface area (Å²) in [4.78, 5) is 23.9. The van der Waals surface area contributed by atoms with Gasteiger partial charge < -0.3 is 5.32 Å². The molecule has 0 bridgehead atoms. The summed E-state index contributed by atoms with van der Waals surface area (Å²) in [5, 5.41) is 3.16. The molecular formula is C19H27NO2. The first kappa shape index (κ1) is 14.5. The molecule has 1 aliphatic heterocycles. The third-order valence-electron chi connectivity index (χ3n) is 7.52. The largest absolute Gasteiger partial charge is 0.330 e. The lowest BCUT2D eigenvalue weighted by molar-refractivity contribution is -0.125. The van der Waals surface area contributed by atoms with Gasteiger partial charge in [0.2, 0.25) is 5.91 Å². The van der Waals surface area contributed by atoms with Gasteiger partial charge in [0.25, 0.3) is 0 Å². The van der Waals surface area contributed by atoms with E-state index < -0.39 is 0 Å². The van der Waals surface area contributed by atoms with E-state index >= 15 is 0 Å². The summed E-state index contributed by atoms with van der Waals surface area (Å²) >= 11 is 0. The number of ketones is 1. The normalized spacial score (nSPS) is 50.6. The number of fused-ring (bicyclic) bond motifs is 5. The summed E-state index contributed by atoms with van der Waals surface area (Å²) in [6.07, 6.45) is 7.88. The summed E-state index contributed by atoms with van der Waals surface area (Å²) in [6, 6.07) is 0. The number of carbonyl (C=O) groups is 2. The van der Waals surface area contributed by atoms with E-state index in [1.807, 2.05) is 0 Å². The Kier molecular flexibility index (Phi) is 2.93. The van der Waals surface area contributed by atoms with Gasteiger partial charge >= 0.3 is 0 Å². The van der Waals surface area contributed by atoms with Gasteiger partial charge in [0, 0.05) is 30.4 Å². The van der Waals surface area contributed by atoms with Crippen molar-refractivity contribution in [1.29, 1.82) is 0 Å². The molecule has 0 aromatic heterocycles. The van der Waals surface area contributed by atoms with Crippen molar-refractivity contribution in [2.75, 3.05) is 0 Å². The number of rotatable bonds is 0. The summed E-state index contributed by atoms with van der Waals surface area (Å²) < 4.78 is 0. The van der Waals surface area contributed by atoms with Gasteiger partial charge in [-0.05, 0) is 48.3 Å². The number of piperidine rings is 1. The molecule has 3 fully saturated rings. The maximum Gasteiger partial charge on any atom is 0.224 e. The molecule has 3 aliphatic carbocycles. The Morgan fingerprint density at radius 3 is 2.73 bits per heavy atom. The highest BCUT2D eigenvalue weighted by Crippen LogP contribution is 2.64. The smallest absolute Gasteiger partial charge is 0.224 e. The van der Waals surface area contributed by atoms with Crippen molar-refractivity contribution in [3.8, 4) is 0 Å². The van der Waals surface area contributed by atoms with E-state index in [9.17, 15) is 9.59 Å². The molecule has 120 valence electrons. The molecular weight excluding hydrogens is 274 g/mol. The van der Waals surface area contributed by atoms with Crippen LogP contribution in [0.25, 0.3) is 0 Å². The lowest BCUT2D eigenvalue weighted by Gasteiger charge is -2.58. The van der Waals surface area contributed by atoms with Gasteiger partial charge in [0.05, 0.1) is 0 Å². The zero-order valence-electron chi connectivity index (χ0n) is 13.9. The second kappa shape index (κ2) is 4.46. The van der Waals surface area contributed by atoms with Crippen molar-refractivity contribution in [2.45, 2.75) is 59.3 Å². The van der Waals surface area contributed by atoms with Crippen LogP contribution in [0.4, 0.5) is 0 Å². The number of allylic oxidation sites excluding steroid dienone is 2. The van der Waals surface area contributed by atoms with Crippen LogP contribution in [0.5, 0.6) is 0 Å².